The molecule has 3 aliphatic rings. The number of aromatic hydroxyl groups is 1. The van der Waals surface area contributed by atoms with Gasteiger partial charge in [-0.05, 0) is 74.9 Å². The maximum atomic E-state index is 13.9. The summed E-state index contributed by atoms with van der Waals surface area (Å²) >= 11 is 0. The fourth-order valence-electron chi connectivity index (χ4n) is 7.33. The van der Waals surface area contributed by atoms with Crippen molar-refractivity contribution in [2.75, 3.05) is 64.9 Å². The van der Waals surface area contributed by atoms with E-state index >= 15 is 0 Å². The molecule has 0 spiro atoms. The Labute approximate surface area is 269 Å². The minimum atomic E-state index is -0.844. The van der Waals surface area contributed by atoms with E-state index in [-0.39, 0.29) is 17.7 Å². The van der Waals surface area contributed by atoms with E-state index in [0.29, 0.717) is 37.2 Å². The fourth-order valence-corrected chi connectivity index (χ4v) is 7.33. The van der Waals surface area contributed by atoms with Crippen LogP contribution in [0.1, 0.15) is 50.5 Å². The Morgan fingerprint density at radius 1 is 0.978 bits per heavy atom. The Kier molecular flexibility index (Phi) is 10.9. The minimum Gasteiger partial charge on any atom is -0.507 e. The number of likely N-dealkylation sites (N-methyl/N-ethyl adjacent to an activating group) is 1. The molecule has 3 aliphatic heterocycles. The van der Waals surface area contributed by atoms with E-state index in [4.69, 9.17) is 16.2 Å². The molecule has 5 N–H and O–H groups in total. The number of ether oxygens (including phenoxy) is 1. The molecule has 0 aliphatic carbocycles. The molecular weight excluding hydrogens is 564 g/mol. The van der Waals surface area contributed by atoms with Crippen molar-refractivity contribution in [1.29, 1.82) is 0 Å². The van der Waals surface area contributed by atoms with Crippen molar-refractivity contribution in [2.24, 2.45) is 17.4 Å². The van der Waals surface area contributed by atoms with Gasteiger partial charge in [-0.2, -0.15) is 0 Å². The molecule has 0 unspecified atom stereocenters. The number of likely N-dealkylation sites (tertiary alicyclic amines) is 2. The van der Waals surface area contributed by atoms with Gasteiger partial charge in [-0.1, -0.05) is 30.3 Å². The lowest BCUT2D eigenvalue weighted by molar-refractivity contribution is -0.162. The molecule has 244 valence electrons. The lowest BCUT2D eigenvalue weighted by Crippen LogP contribution is -2.58. The minimum absolute atomic E-state index is 0.0795. The van der Waals surface area contributed by atoms with Gasteiger partial charge in [0.05, 0.1) is 5.70 Å². The second kappa shape index (κ2) is 15.1. The van der Waals surface area contributed by atoms with Gasteiger partial charge >= 0.3 is 0 Å². The Balaban J connectivity index is 1.07. The zero-order chi connectivity index (χ0) is 31.8. The highest BCUT2D eigenvalue weighted by Gasteiger charge is 2.45. The Morgan fingerprint density at radius 2 is 1.62 bits per heavy atom. The summed E-state index contributed by atoms with van der Waals surface area (Å²) in [5.74, 6) is 1.00. The van der Waals surface area contributed by atoms with Crippen molar-refractivity contribution < 1.29 is 14.6 Å². The van der Waals surface area contributed by atoms with E-state index in [2.05, 4.69) is 45.0 Å². The van der Waals surface area contributed by atoms with Crippen LogP contribution in [0.3, 0.4) is 0 Å². The molecule has 1 amide bonds. The number of nitrogens with zero attached hydrogens (tertiary/aromatic N) is 4. The summed E-state index contributed by atoms with van der Waals surface area (Å²) < 4.78 is 5.99. The molecule has 0 atom stereocenters. The Hall–Kier alpha value is -3.69. The number of allylic oxidation sites excluding steroid dienone is 1. The number of carbonyl (C=O) groups excluding carboxylic acids is 1. The third kappa shape index (κ3) is 7.76. The van der Waals surface area contributed by atoms with Crippen LogP contribution < -0.4 is 16.4 Å². The molecule has 9 heteroatoms. The van der Waals surface area contributed by atoms with Gasteiger partial charge in [-0.15, -0.1) is 0 Å². The molecule has 3 heterocycles. The maximum Gasteiger partial charge on any atom is 0.254 e. The van der Waals surface area contributed by atoms with Gasteiger partial charge in [0.15, 0.2) is 0 Å². The average molecular weight is 617 g/mol. The number of phenolic OH excluding ortho intramolecular Hbond substituents is 1. The van der Waals surface area contributed by atoms with Crippen LogP contribution in [0.5, 0.6) is 5.75 Å². The molecule has 0 bridgehead atoms. The molecule has 3 saturated heterocycles. The Bertz CT molecular complexity index is 1310. The zero-order valence-electron chi connectivity index (χ0n) is 27.1. The summed E-state index contributed by atoms with van der Waals surface area (Å²) in [5, 5.41) is 10.2. The Morgan fingerprint density at radius 3 is 2.24 bits per heavy atom. The predicted octanol–water partition coefficient (Wildman–Crippen LogP) is 4.20. The number of carbonyl (C=O) groups is 1. The van der Waals surface area contributed by atoms with Crippen molar-refractivity contribution in [3.63, 3.8) is 0 Å². The molecule has 0 aromatic heterocycles. The number of phenols is 1. The predicted molar refractivity (Wildman–Crippen MR) is 181 cm³/mol. The lowest BCUT2D eigenvalue weighted by atomic mass is 9.88. The molecule has 2 aromatic rings. The van der Waals surface area contributed by atoms with Gasteiger partial charge < -0.3 is 40.9 Å². The molecule has 2 aromatic carbocycles. The van der Waals surface area contributed by atoms with Gasteiger partial charge in [0.2, 0.25) is 0 Å². The van der Waals surface area contributed by atoms with Crippen LogP contribution in [0.4, 0.5) is 5.69 Å². The maximum absolute atomic E-state index is 13.9. The smallest absolute Gasteiger partial charge is 0.254 e. The SMILES string of the molecule is COC1(C(=O)N(C)C2CCN(CCC3CCN(c4ccccc4)CC3)CC2)CCN(C(/C=C(\N)c2ccccc2O)=C/N)CC1. The molecular formula is C36H52N6O3. The second-order valence-electron chi connectivity index (χ2n) is 12.9. The van der Waals surface area contributed by atoms with Crippen molar-refractivity contribution in [2.45, 2.75) is 56.6 Å². The van der Waals surface area contributed by atoms with Crippen molar-refractivity contribution in [3.05, 3.63) is 78.1 Å². The number of para-hydroxylation sites is 2. The van der Waals surface area contributed by atoms with Gasteiger partial charge in [0.1, 0.15) is 11.4 Å². The van der Waals surface area contributed by atoms with Crippen molar-refractivity contribution >= 4 is 17.3 Å². The van der Waals surface area contributed by atoms with Gasteiger partial charge in [0, 0.05) is 95.5 Å². The summed E-state index contributed by atoms with van der Waals surface area (Å²) in [6.07, 6.45) is 10.2. The van der Waals surface area contributed by atoms with Gasteiger partial charge in [-0.3, -0.25) is 4.79 Å². The number of anilines is 1. The first-order valence-electron chi connectivity index (χ1n) is 16.6. The van der Waals surface area contributed by atoms with Crippen LogP contribution in [0.25, 0.3) is 5.70 Å². The zero-order valence-corrected chi connectivity index (χ0v) is 27.1. The summed E-state index contributed by atoms with van der Waals surface area (Å²) in [6, 6.07) is 18.0. The van der Waals surface area contributed by atoms with Crippen molar-refractivity contribution in [1.82, 2.24) is 14.7 Å². The summed E-state index contributed by atoms with van der Waals surface area (Å²) in [7, 11) is 3.61. The highest BCUT2D eigenvalue weighted by Crippen LogP contribution is 2.33. The van der Waals surface area contributed by atoms with E-state index < -0.39 is 5.60 Å². The third-order valence-corrected chi connectivity index (χ3v) is 10.4. The number of methoxy groups -OCH3 is 1. The quantitative estimate of drug-likeness (QED) is 0.341. The molecule has 3 fully saturated rings. The summed E-state index contributed by atoms with van der Waals surface area (Å²) in [4.78, 5) is 23.1. The first-order chi connectivity index (χ1) is 21.8. The fraction of sp³-hybridized carbons (Fsp3) is 0.528. The molecule has 9 nitrogen and oxygen atoms in total. The van der Waals surface area contributed by atoms with E-state index in [0.717, 1.165) is 57.2 Å². The summed E-state index contributed by atoms with van der Waals surface area (Å²) in [5.41, 5.74) is 14.6. The van der Waals surface area contributed by atoms with E-state index in [9.17, 15) is 9.90 Å². The first kappa shape index (κ1) is 32.7. The molecule has 0 radical (unpaired) electrons. The number of amides is 1. The number of piperidine rings is 3. The van der Waals surface area contributed by atoms with Gasteiger partial charge in [-0.25, -0.2) is 0 Å². The topological polar surface area (TPSA) is 112 Å². The van der Waals surface area contributed by atoms with Crippen LogP contribution >= 0.6 is 0 Å². The van der Waals surface area contributed by atoms with E-state index in [1.807, 2.05) is 18.0 Å². The van der Waals surface area contributed by atoms with Crippen LogP contribution in [0.15, 0.2) is 72.6 Å². The van der Waals surface area contributed by atoms with Crippen LogP contribution in [-0.2, 0) is 9.53 Å². The van der Waals surface area contributed by atoms with E-state index in [1.165, 1.54) is 31.1 Å². The highest BCUT2D eigenvalue weighted by molar-refractivity contribution is 5.85. The molecule has 45 heavy (non-hydrogen) atoms. The van der Waals surface area contributed by atoms with Crippen LogP contribution in [-0.4, -0.2) is 97.3 Å². The molecule has 5 rings (SSSR count). The van der Waals surface area contributed by atoms with Crippen molar-refractivity contribution in [3.8, 4) is 5.75 Å². The number of rotatable bonds is 10. The largest absolute Gasteiger partial charge is 0.507 e. The third-order valence-electron chi connectivity index (χ3n) is 10.4. The van der Waals surface area contributed by atoms with E-state index in [1.54, 1.807) is 31.4 Å². The van der Waals surface area contributed by atoms with Crippen LogP contribution in [0.2, 0.25) is 0 Å². The number of benzene rings is 2. The number of hydrogen-bond acceptors (Lipinski definition) is 8. The number of hydrogen-bond donors (Lipinski definition) is 3. The lowest BCUT2D eigenvalue weighted by Gasteiger charge is -2.45. The number of nitrogens with two attached hydrogens (primary N) is 2. The molecule has 0 saturated carbocycles. The normalized spacial score (nSPS) is 20.8. The summed E-state index contributed by atoms with van der Waals surface area (Å²) in [6.45, 7) is 6.75. The highest BCUT2D eigenvalue weighted by atomic mass is 16.5. The standard InChI is InChI=1S/C36H52N6O3/c1-39(29-15-20-40(21-16-29)19-12-28-13-22-41(23-14-28)30-8-4-3-5-9-30)35(44)36(45-2)17-24-42(25-18-36)31(27-37)26-33(38)32-10-6-7-11-34(32)43/h3-11,26-29,43H,12-25,37-38H2,1-2H3/b31-27+,33-26-. The van der Waals surface area contributed by atoms with Crippen LogP contribution in [0, 0.1) is 5.92 Å². The monoisotopic (exact) mass is 616 g/mol. The second-order valence-corrected chi connectivity index (χ2v) is 12.9. The first-order valence-corrected chi connectivity index (χ1v) is 16.6. The van der Waals surface area contributed by atoms with Gasteiger partial charge in [0.25, 0.3) is 5.91 Å². The average Bonchev–Trinajstić information content (AvgIpc) is 3.10.